The molecule has 0 spiro atoms. The van der Waals surface area contributed by atoms with Crippen LogP contribution in [0.5, 0.6) is 0 Å². The molecule has 7 heteroatoms. The maximum atomic E-state index is 13.4. The van der Waals surface area contributed by atoms with Crippen molar-refractivity contribution in [1.82, 2.24) is 14.8 Å². The Morgan fingerprint density at radius 3 is 2.93 bits per heavy atom. The van der Waals surface area contributed by atoms with Crippen LogP contribution in [0, 0.1) is 13.8 Å². The van der Waals surface area contributed by atoms with Gasteiger partial charge in [-0.05, 0) is 62.9 Å². The van der Waals surface area contributed by atoms with Crippen molar-refractivity contribution in [3.8, 4) is 0 Å². The van der Waals surface area contributed by atoms with Crippen LogP contribution < -0.4 is 4.90 Å². The summed E-state index contributed by atoms with van der Waals surface area (Å²) in [4.78, 5) is 19.9. The Bertz CT molecular complexity index is 933. The number of fused-ring (bicyclic) bond motifs is 1. The molecule has 1 saturated heterocycles. The van der Waals surface area contributed by atoms with Gasteiger partial charge in [-0.1, -0.05) is 11.3 Å². The Labute approximate surface area is 162 Å². The number of nitrogens with zero attached hydrogens (tertiary/aromatic N) is 4. The zero-order valence-electron chi connectivity index (χ0n) is 15.9. The number of hydrogen-bond acceptors (Lipinski definition) is 5. The van der Waals surface area contributed by atoms with Gasteiger partial charge in [-0.2, -0.15) is 5.10 Å². The van der Waals surface area contributed by atoms with E-state index in [2.05, 4.69) is 31.1 Å². The van der Waals surface area contributed by atoms with E-state index in [-0.39, 0.29) is 12.0 Å². The van der Waals surface area contributed by atoms with Crippen LogP contribution >= 0.6 is 11.3 Å². The lowest BCUT2D eigenvalue weighted by Gasteiger charge is -2.23. The predicted molar refractivity (Wildman–Crippen MR) is 108 cm³/mol. The van der Waals surface area contributed by atoms with Crippen molar-refractivity contribution in [2.75, 3.05) is 18.1 Å². The van der Waals surface area contributed by atoms with Crippen molar-refractivity contribution in [2.45, 2.75) is 46.3 Å². The molecule has 0 aliphatic carbocycles. The molecule has 1 amide bonds. The Hall–Kier alpha value is -2.25. The summed E-state index contributed by atoms with van der Waals surface area (Å²) >= 11 is 1.56. The fraction of sp³-hybridized carbons (Fsp3) is 0.450. The van der Waals surface area contributed by atoms with Gasteiger partial charge in [0.05, 0.1) is 22.9 Å². The van der Waals surface area contributed by atoms with Gasteiger partial charge in [-0.15, -0.1) is 0 Å². The summed E-state index contributed by atoms with van der Waals surface area (Å²) in [6, 6.07) is 6.02. The Morgan fingerprint density at radius 1 is 1.37 bits per heavy atom. The van der Waals surface area contributed by atoms with Gasteiger partial charge in [-0.25, -0.2) is 4.98 Å². The van der Waals surface area contributed by atoms with Gasteiger partial charge in [0.1, 0.15) is 5.69 Å². The molecule has 6 nitrogen and oxygen atoms in total. The molecular formula is C20H24N4O2S. The summed E-state index contributed by atoms with van der Waals surface area (Å²) in [6.07, 6.45) is 3.74. The molecule has 4 rings (SSSR count). The highest BCUT2D eigenvalue weighted by molar-refractivity contribution is 7.22. The van der Waals surface area contributed by atoms with Crippen LogP contribution in [-0.4, -0.2) is 39.9 Å². The number of carbonyl (C=O) groups excluding carboxylic acids is 1. The van der Waals surface area contributed by atoms with E-state index in [1.54, 1.807) is 33.2 Å². The summed E-state index contributed by atoms with van der Waals surface area (Å²) in [5, 5.41) is 4.97. The van der Waals surface area contributed by atoms with Gasteiger partial charge in [0.2, 0.25) is 0 Å². The molecule has 0 bridgehead atoms. The van der Waals surface area contributed by atoms with Crippen molar-refractivity contribution in [3.63, 3.8) is 0 Å². The number of anilines is 1. The minimum atomic E-state index is -0.0719. The van der Waals surface area contributed by atoms with Crippen LogP contribution in [0.4, 0.5) is 5.13 Å². The van der Waals surface area contributed by atoms with Crippen LogP contribution in [0.2, 0.25) is 0 Å². The molecule has 1 atom stereocenters. The largest absolute Gasteiger partial charge is 0.376 e. The SMILES string of the molecule is CCn1nccc1C(=O)N(CC1CCCO1)c1nc2cc(C)c(C)cc2s1. The first-order valence-electron chi connectivity index (χ1n) is 9.40. The third-order valence-corrected chi connectivity index (χ3v) is 6.16. The van der Waals surface area contributed by atoms with E-state index in [0.29, 0.717) is 18.8 Å². The quantitative estimate of drug-likeness (QED) is 0.668. The number of thiazole rings is 1. The first-order valence-corrected chi connectivity index (χ1v) is 10.2. The van der Waals surface area contributed by atoms with E-state index in [9.17, 15) is 4.79 Å². The maximum Gasteiger partial charge on any atom is 0.278 e. The molecule has 1 aliphatic rings. The van der Waals surface area contributed by atoms with Crippen molar-refractivity contribution in [1.29, 1.82) is 0 Å². The number of aryl methyl sites for hydroxylation is 3. The van der Waals surface area contributed by atoms with E-state index in [4.69, 9.17) is 9.72 Å². The summed E-state index contributed by atoms with van der Waals surface area (Å²) in [7, 11) is 0. The van der Waals surface area contributed by atoms with Crippen molar-refractivity contribution in [3.05, 3.63) is 41.2 Å². The number of rotatable bonds is 5. The number of ether oxygens (including phenoxy) is 1. The van der Waals surface area contributed by atoms with E-state index in [0.717, 1.165) is 34.8 Å². The van der Waals surface area contributed by atoms with Gasteiger partial charge in [0.25, 0.3) is 5.91 Å². The van der Waals surface area contributed by atoms with Crippen molar-refractivity contribution < 1.29 is 9.53 Å². The van der Waals surface area contributed by atoms with Crippen LogP contribution in [-0.2, 0) is 11.3 Å². The molecule has 0 radical (unpaired) electrons. The molecule has 0 N–H and O–H groups in total. The molecule has 142 valence electrons. The average Bonchev–Trinajstić information content (AvgIpc) is 3.39. The highest BCUT2D eigenvalue weighted by Gasteiger charge is 2.28. The lowest BCUT2D eigenvalue weighted by molar-refractivity contribution is 0.0908. The summed E-state index contributed by atoms with van der Waals surface area (Å²) in [6.45, 7) is 8.10. The van der Waals surface area contributed by atoms with Gasteiger partial charge in [0, 0.05) is 19.3 Å². The van der Waals surface area contributed by atoms with Gasteiger partial charge in [0.15, 0.2) is 5.13 Å². The molecule has 1 aromatic carbocycles. The smallest absolute Gasteiger partial charge is 0.278 e. The van der Waals surface area contributed by atoms with Crippen LogP contribution in [0.1, 0.15) is 41.4 Å². The third-order valence-electron chi connectivity index (χ3n) is 5.11. The number of benzene rings is 1. The van der Waals surface area contributed by atoms with Crippen molar-refractivity contribution in [2.24, 2.45) is 0 Å². The minimum Gasteiger partial charge on any atom is -0.376 e. The molecule has 1 fully saturated rings. The van der Waals surface area contributed by atoms with Gasteiger partial charge in [-0.3, -0.25) is 14.4 Å². The first kappa shape index (κ1) is 18.1. The molecule has 0 saturated carbocycles. The molecular weight excluding hydrogens is 360 g/mol. The Balaban J connectivity index is 1.74. The standard InChI is InChI=1S/C20H24N4O2S/c1-4-24-17(7-8-21-24)19(25)23(12-15-6-5-9-26-15)20-22-16-10-13(2)14(3)11-18(16)27-20/h7-8,10-11,15H,4-6,9,12H2,1-3H3. The molecule has 3 heterocycles. The zero-order chi connectivity index (χ0) is 19.0. The Morgan fingerprint density at radius 2 is 2.19 bits per heavy atom. The number of carbonyl (C=O) groups is 1. The molecule has 1 aliphatic heterocycles. The second-order valence-electron chi connectivity index (χ2n) is 6.98. The van der Waals surface area contributed by atoms with E-state index in [1.165, 1.54) is 11.1 Å². The van der Waals surface area contributed by atoms with Crippen molar-refractivity contribution >= 4 is 32.6 Å². The van der Waals surface area contributed by atoms with Crippen LogP contribution in [0.25, 0.3) is 10.2 Å². The second kappa shape index (κ2) is 7.40. The van der Waals surface area contributed by atoms with E-state index < -0.39 is 0 Å². The second-order valence-corrected chi connectivity index (χ2v) is 7.99. The van der Waals surface area contributed by atoms with E-state index in [1.807, 2.05) is 6.92 Å². The minimum absolute atomic E-state index is 0.0578. The number of aromatic nitrogens is 3. The normalized spacial score (nSPS) is 16.9. The molecule has 27 heavy (non-hydrogen) atoms. The zero-order valence-corrected chi connectivity index (χ0v) is 16.8. The summed E-state index contributed by atoms with van der Waals surface area (Å²) in [5.74, 6) is -0.0719. The summed E-state index contributed by atoms with van der Waals surface area (Å²) < 4.78 is 8.63. The first-order chi connectivity index (χ1) is 13.1. The van der Waals surface area contributed by atoms with Crippen LogP contribution in [0.15, 0.2) is 24.4 Å². The fourth-order valence-electron chi connectivity index (χ4n) is 3.43. The topological polar surface area (TPSA) is 60.2 Å². The molecule has 2 aromatic heterocycles. The molecule has 3 aromatic rings. The highest BCUT2D eigenvalue weighted by Crippen LogP contribution is 2.32. The van der Waals surface area contributed by atoms with Gasteiger partial charge < -0.3 is 4.74 Å². The lowest BCUT2D eigenvalue weighted by Crippen LogP contribution is -2.38. The number of hydrogen-bond donors (Lipinski definition) is 0. The van der Waals surface area contributed by atoms with Crippen LogP contribution in [0.3, 0.4) is 0 Å². The van der Waals surface area contributed by atoms with E-state index >= 15 is 0 Å². The number of amides is 1. The maximum absolute atomic E-state index is 13.4. The fourth-order valence-corrected chi connectivity index (χ4v) is 4.48. The monoisotopic (exact) mass is 384 g/mol. The third kappa shape index (κ3) is 3.49. The predicted octanol–water partition coefficient (Wildman–Crippen LogP) is 3.96. The highest BCUT2D eigenvalue weighted by atomic mass is 32.1. The molecule has 1 unspecified atom stereocenters. The average molecular weight is 385 g/mol. The Kier molecular flexibility index (Phi) is 4.97. The lowest BCUT2D eigenvalue weighted by atomic mass is 10.1. The van der Waals surface area contributed by atoms with Gasteiger partial charge >= 0.3 is 0 Å². The summed E-state index contributed by atoms with van der Waals surface area (Å²) in [5.41, 5.74) is 3.97.